The third-order valence-electron chi connectivity index (χ3n) is 4.12. The number of carbonyl (C=O) groups is 1. The Kier molecular flexibility index (Phi) is 5.10. The summed E-state index contributed by atoms with van der Waals surface area (Å²) in [5, 5.41) is 4.81. The van der Waals surface area contributed by atoms with E-state index in [9.17, 15) is 4.79 Å². The van der Waals surface area contributed by atoms with Gasteiger partial charge in [-0.25, -0.2) is 19.7 Å². The number of rotatable bonds is 3. The number of urea groups is 1. The molecule has 28 heavy (non-hydrogen) atoms. The second kappa shape index (κ2) is 7.84. The lowest BCUT2D eigenvalue weighted by molar-refractivity contribution is 0.259. The molecule has 0 aliphatic rings. The van der Waals surface area contributed by atoms with E-state index in [-0.39, 0.29) is 6.03 Å². The molecule has 0 spiro atoms. The molecule has 4 rings (SSSR count). The van der Waals surface area contributed by atoms with E-state index in [0.717, 1.165) is 10.9 Å². The number of amides is 2. The zero-order valence-corrected chi connectivity index (χ0v) is 16.0. The maximum atomic E-state index is 13.2. The van der Waals surface area contributed by atoms with E-state index in [1.54, 1.807) is 48.5 Å². The molecule has 5 nitrogen and oxygen atoms in total. The largest absolute Gasteiger partial charge is 0.332 e. The first-order chi connectivity index (χ1) is 13.6. The maximum absolute atomic E-state index is 13.2. The van der Waals surface area contributed by atoms with Crippen molar-refractivity contribution in [2.24, 2.45) is 0 Å². The summed E-state index contributed by atoms with van der Waals surface area (Å²) in [7, 11) is 0. The van der Waals surface area contributed by atoms with Crippen molar-refractivity contribution in [3.05, 3.63) is 89.2 Å². The van der Waals surface area contributed by atoms with E-state index in [2.05, 4.69) is 15.3 Å². The predicted octanol–water partition coefficient (Wildman–Crippen LogP) is 6.31. The first-order valence-electron chi connectivity index (χ1n) is 8.44. The molecule has 0 radical (unpaired) electrons. The van der Waals surface area contributed by atoms with Crippen LogP contribution in [0.3, 0.4) is 0 Å². The van der Waals surface area contributed by atoms with Crippen LogP contribution in [0.4, 0.5) is 22.0 Å². The molecule has 7 heteroatoms. The van der Waals surface area contributed by atoms with Crippen LogP contribution in [-0.2, 0) is 0 Å². The number of hydrogen-bond donors (Lipinski definition) is 1. The highest BCUT2D eigenvalue weighted by Crippen LogP contribution is 2.31. The summed E-state index contributed by atoms with van der Waals surface area (Å²) in [6, 6.07) is 21.0. The lowest BCUT2D eigenvalue weighted by atomic mass is 10.2. The molecule has 0 unspecified atom stereocenters. The van der Waals surface area contributed by atoms with Gasteiger partial charge < -0.3 is 5.32 Å². The number of aromatic nitrogens is 2. The average Bonchev–Trinajstić information content (AvgIpc) is 2.71. The summed E-state index contributed by atoms with van der Waals surface area (Å²) in [5.74, 6) is 0.472. The van der Waals surface area contributed by atoms with Crippen LogP contribution in [0.15, 0.2) is 79.1 Å². The van der Waals surface area contributed by atoms with Gasteiger partial charge in [-0.3, -0.25) is 0 Å². The van der Waals surface area contributed by atoms with E-state index in [1.165, 1.54) is 11.2 Å². The van der Waals surface area contributed by atoms with Gasteiger partial charge in [-0.15, -0.1) is 0 Å². The third kappa shape index (κ3) is 3.76. The molecule has 2 amide bonds. The first kappa shape index (κ1) is 18.2. The molecule has 1 aromatic heterocycles. The SMILES string of the molecule is O=C(Nc1ccc(Cl)cc1)N(c1ccc(Cl)cc1)c1ncnc2ccccc12. The second-order valence-corrected chi connectivity index (χ2v) is 6.84. The minimum Gasteiger partial charge on any atom is -0.307 e. The Hall–Kier alpha value is -3.15. The predicted molar refractivity (Wildman–Crippen MR) is 114 cm³/mol. The normalized spacial score (nSPS) is 10.6. The quantitative estimate of drug-likeness (QED) is 0.432. The van der Waals surface area contributed by atoms with Crippen LogP contribution in [0, 0.1) is 0 Å². The first-order valence-corrected chi connectivity index (χ1v) is 9.19. The van der Waals surface area contributed by atoms with Gasteiger partial charge in [0.25, 0.3) is 0 Å². The number of halogens is 2. The Bertz CT molecular complexity index is 1130. The van der Waals surface area contributed by atoms with E-state index >= 15 is 0 Å². The second-order valence-electron chi connectivity index (χ2n) is 5.96. The highest BCUT2D eigenvalue weighted by molar-refractivity contribution is 6.31. The zero-order chi connectivity index (χ0) is 19.5. The van der Waals surface area contributed by atoms with E-state index in [4.69, 9.17) is 23.2 Å². The molecular formula is C21H14Cl2N4O. The topological polar surface area (TPSA) is 58.1 Å². The molecule has 0 fully saturated rings. The Balaban J connectivity index is 1.80. The number of fused-ring (bicyclic) bond motifs is 1. The van der Waals surface area contributed by atoms with Crippen molar-refractivity contribution in [2.45, 2.75) is 0 Å². The van der Waals surface area contributed by atoms with Gasteiger partial charge in [0.15, 0.2) is 5.82 Å². The molecule has 138 valence electrons. The van der Waals surface area contributed by atoms with Crippen molar-refractivity contribution in [2.75, 3.05) is 10.2 Å². The van der Waals surface area contributed by atoms with E-state index in [1.807, 2.05) is 24.3 Å². The molecule has 0 bridgehead atoms. The van der Waals surface area contributed by atoms with Crippen LogP contribution in [-0.4, -0.2) is 16.0 Å². The van der Waals surface area contributed by atoms with Crippen LogP contribution in [0.25, 0.3) is 10.9 Å². The average molecular weight is 409 g/mol. The van der Waals surface area contributed by atoms with Crippen LogP contribution in [0.1, 0.15) is 0 Å². The number of nitrogens with one attached hydrogen (secondary N) is 1. The van der Waals surface area contributed by atoms with Gasteiger partial charge in [-0.05, 0) is 60.7 Å². The number of carbonyl (C=O) groups excluding carboxylic acids is 1. The van der Waals surface area contributed by atoms with E-state index < -0.39 is 0 Å². The molecule has 0 atom stereocenters. The van der Waals surface area contributed by atoms with Gasteiger partial charge >= 0.3 is 6.03 Å². The highest BCUT2D eigenvalue weighted by atomic mass is 35.5. The van der Waals surface area contributed by atoms with Gasteiger partial charge in [-0.1, -0.05) is 35.3 Å². The number of nitrogens with zero attached hydrogens (tertiary/aromatic N) is 3. The fourth-order valence-electron chi connectivity index (χ4n) is 2.81. The Morgan fingerprint density at radius 3 is 2.18 bits per heavy atom. The fraction of sp³-hybridized carbons (Fsp3) is 0. The Morgan fingerprint density at radius 2 is 1.46 bits per heavy atom. The Morgan fingerprint density at radius 1 is 0.821 bits per heavy atom. The van der Waals surface area contributed by atoms with Gasteiger partial charge in [0.05, 0.1) is 11.2 Å². The molecule has 1 N–H and O–H groups in total. The maximum Gasteiger partial charge on any atom is 0.332 e. The molecule has 0 aliphatic carbocycles. The summed E-state index contributed by atoms with van der Waals surface area (Å²) in [6.45, 7) is 0. The lowest BCUT2D eigenvalue weighted by Crippen LogP contribution is -2.31. The molecule has 0 saturated heterocycles. The van der Waals surface area contributed by atoms with Crippen LogP contribution >= 0.6 is 23.2 Å². The number of para-hydroxylation sites is 1. The molecule has 0 aliphatic heterocycles. The minimum absolute atomic E-state index is 0.367. The minimum atomic E-state index is -0.367. The number of anilines is 3. The van der Waals surface area contributed by atoms with Crippen molar-refractivity contribution < 1.29 is 4.79 Å². The monoisotopic (exact) mass is 408 g/mol. The molecule has 1 heterocycles. The van der Waals surface area contributed by atoms with Crippen LogP contribution in [0.2, 0.25) is 10.0 Å². The molecule has 0 saturated carbocycles. The molecule has 4 aromatic rings. The standard InChI is InChI=1S/C21H14Cl2N4O/c22-14-5-9-16(10-6-14)26-21(28)27(17-11-7-15(23)8-12-17)20-18-3-1-2-4-19(18)24-13-25-20/h1-13H,(H,26,28). The zero-order valence-electron chi connectivity index (χ0n) is 14.5. The molecule has 3 aromatic carbocycles. The van der Waals surface area contributed by atoms with Crippen molar-refractivity contribution in [1.82, 2.24) is 9.97 Å². The molecular weight excluding hydrogens is 395 g/mol. The lowest BCUT2D eigenvalue weighted by Gasteiger charge is -2.23. The van der Waals surface area contributed by atoms with Crippen LogP contribution < -0.4 is 10.2 Å². The fourth-order valence-corrected chi connectivity index (χ4v) is 3.06. The third-order valence-corrected chi connectivity index (χ3v) is 4.62. The van der Waals surface area contributed by atoms with Crippen molar-refractivity contribution in [3.8, 4) is 0 Å². The smallest absolute Gasteiger partial charge is 0.307 e. The van der Waals surface area contributed by atoms with Crippen molar-refractivity contribution >= 4 is 57.3 Å². The van der Waals surface area contributed by atoms with Gasteiger partial charge in [0.1, 0.15) is 6.33 Å². The van der Waals surface area contributed by atoms with E-state index in [0.29, 0.717) is 27.2 Å². The summed E-state index contributed by atoms with van der Waals surface area (Å²) in [4.78, 5) is 23.4. The van der Waals surface area contributed by atoms with Crippen LogP contribution in [0.5, 0.6) is 0 Å². The Labute approximate surface area is 171 Å². The van der Waals surface area contributed by atoms with Crippen molar-refractivity contribution in [1.29, 1.82) is 0 Å². The summed E-state index contributed by atoms with van der Waals surface area (Å²) in [5.41, 5.74) is 1.98. The number of benzene rings is 3. The van der Waals surface area contributed by atoms with Gasteiger partial charge in [0, 0.05) is 21.1 Å². The van der Waals surface area contributed by atoms with Gasteiger partial charge in [-0.2, -0.15) is 0 Å². The van der Waals surface area contributed by atoms with Crippen molar-refractivity contribution in [3.63, 3.8) is 0 Å². The number of hydrogen-bond acceptors (Lipinski definition) is 3. The summed E-state index contributed by atoms with van der Waals surface area (Å²) >= 11 is 12.0. The summed E-state index contributed by atoms with van der Waals surface area (Å²) < 4.78 is 0. The summed E-state index contributed by atoms with van der Waals surface area (Å²) in [6.07, 6.45) is 1.44. The highest BCUT2D eigenvalue weighted by Gasteiger charge is 2.22. The van der Waals surface area contributed by atoms with Gasteiger partial charge in [0.2, 0.25) is 0 Å².